The molecule has 0 fully saturated rings. The first kappa shape index (κ1) is 17.3. The number of ether oxygens (including phenoxy) is 2. The molecule has 0 heterocycles. The minimum atomic E-state index is -0.221. The van der Waals surface area contributed by atoms with Gasteiger partial charge in [-0.2, -0.15) is 0 Å². The molecule has 0 radical (unpaired) electrons. The normalized spacial score (nSPS) is 10.0. The average molecular weight is 313 g/mol. The van der Waals surface area contributed by atoms with Crippen molar-refractivity contribution in [2.75, 3.05) is 26.8 Å². The second-order valence-electron chi connectivity index (χ2n) is 4.26. The van der Waals surface area contributed by atoms with Crippen molar-refractivity contribution in [3.63, 3.8) is 0 Å². The molecule has 0 saturated carbocycles. The van der Waals surface area contributed by atoms with E-state index in [2.05, 4.69) is 17.2 Å². The lowest BCUT2D eigenvalue weighted by Crippen LogP contribution is -2.29. The maximum Gasteiger partial charge on any atom is 0.258 e. The summed E-state index contributed by atoms with van der Waals surface area (Å²) in [4.78, 5) is 11.6. The molecule has 0 bridgehead atoms. The van der Waals surface area contributed by atoms with Gasteiger partial charge in [-0.05, 0) is 12.6 Å². The monoisotopic (exact) mass is 312 g/mol. The molecule has 0 saturated heterocycles. The number of benzene rings is 1. The Hall–Kier alpha value is -1.72. The van der Waals surface area contributed by atoms with Crippen molar-refractivity contribution < 1.29 is 14.3 Å². The van der Waals surface area contributed by atoms with E-state index in [0.29, 0.717) is 29.6 Å². The van der Waals surface area contributed by atoms with Crippen molar-refractivity contribution in [1.29, 1.82) is 0 Å². The molecule has 21 heavy (non-hydrogen) atoms. The number of carbonyl (C=O) groups is 1. The van der Waals surface area contributed by atoms with E-state index in [-0.39, 0.29) is 12.5 Å². The quantitative estimate of drug-likeness (QED) is 0.686. The van der Waals surface area contributed by atoms with Crippen molar-refractivity contribution in [1.82, 2.24) is 10.6 Å². The molecule has 116 valence electrons. The number of amides is 1. The van der Waals surface area contributed by atoms with Crippen molar-refractivity contribution in [3.8, 4) is 11.5 Å². The first-order valence-electron chi connectivity index (χ1n) is 6.69. The summed E-state index contributed by atoms with van der Waals surface area (Å²) >= 11 is 6.06. The van der Waals surface area contributed by atoms with Crippen LogP contribution in [0.5, 0.6) is 11.5 Å². The van der Waals surface area contributed by atoms with Gasteiger partial charge in [0.25, 0.3) is 5.91 Å². The minimum Gasteiger partial charge on any atom is -0.493 e. The number of rotatable bonds is 9. The number of methoxy groups -OCH3 is 1. The summed E-state index contributed by atoms with van der Waals surface area (Å²) in [6.45, 7) is 7.25. The largest absolute Gasteiger partial charge is 0.493 e. The predicted octanol–water partition coefficient (Wildman–Crippen LogP) is 2.14. The highest BCUT2D eigenvalue weighted by Gasteiger charge is 2.14. The van der Waals surface area contributed by atoms with Gasteiger partial charge in [-0.15, -0.1) is 6.58 Å². The summed E-state index contributed by atoms with van der Waals surface area (Å²) in [6, 6.07) is 3.46. The van der Waals surface area contributed by atoms with Crippen LogP contribution in [0.15, 0.2) is 24.8 Å². The molecular formula is C15H21ClN2O3. The van der Waals surface area contributed by atoms with Crippen molar-refractivity contribution in [2.45, 2.75) is 13.5 Å². The zero-order chi connectivity index (χ0) is 15.7. The highest BCUT2D eigenvalue weighted by molar-refractivity contribution is 6.30. The Bertz CT molecular complexity index is 492. The lowest BCUT2D eigenvalue weighted by molar-refractivity contribution is -0.122. The van der Waals surface area contributed by atoms with Crippen LogP contribution >= 0.6 is 11.6 Å². The molecule has 0 aliphatic rings. The molecule has 2 N–H and O–H groups in total. The fourth-order valence-electron chi connectivity index (χ4n) is 1.70. The van der Waals surface area contributed by atoms with Crippen LogP contribution in [0.1, 0.15) is 12.5 Å². The highest BCUT2D eigenvalue weighted by atomic mass is 35.5. The van der Waals surface area contributed by atoms with Crippen LogP contribution < -0.4 is 20.1 Å². The number of hydrogen-bond acceptors (Lipinski definition) is 4. The molecule has 0 unspecified atom stereocenters. The lowest BCUT2D eigenvalue weighted by atomic mass is 10.2. The molecule has 1 rings (SSSR count). The van der Waals surface area contributed by atoms with Crippen LogP contribution in [0.25, 0.3) is 0 Å². The third kappa shape index (κ3) is 5.65. The van der Waals surface area contributed by atoms with E-state index in [4.69, 9.17) is 21.1 Å². The summed E-state index contributed by atoms with van der Waals surface area (Å²) in [6.07, 6.45) is 1.61. The average Bonchev–Trinajstić information content (AvgIpc) is 2.48. The first-order chi connectivity index (χ1) is 10.1. The van der Waals surface area contributed by atoms with E-state index < -0.39 is 0 Å². The predicted molar refractivity (Wildman–Crippen MR) is 84.1 cm³/mol. The summed E-state index contributed by atoms with van der Waals surface area (Å²) in [5.74, 6) is 0.810. The summed E-state index contributed by atoms with van der Waals surface area (Å²) < 4.78 is 10.9. The van der Waals surface area contributed by atoms with Gasteiger partial charge in [0.15, 0.2) is 18.1 Å². The number of carbonyl (C=O) groups excluding carboxylic acids is 1. The van der Waals surface area contributed by atoms with Crippen molar-refractivity contribution in [2.24, 2.45) is 0 Å². The standard InChI is InChI=1S/C15H21ClN2O3/c1-4-6-18-14(19)10-21-15-11(9-17-5-2)7-12(16)8-13(15)20-3/h4,7-8,17H,1,5-6,9-10H2,2-3H3,(H,18,19). The summed E-state index contributed by atoms with van der Waals surface area (Å²) in [7, 11) is 1.54. The molecular weight excluding hydrogens is 292 g/mol. The number of halogens is 1. The third-order valence-corrected chi connectivity index (χ3v) is 2.89. The van der Waals surface area contributed by atoms with E-state index >= 15 is 0 Å². The van der Waals surface area contributed by atoms with E-state index in [9.17, 15) is 4.79 Å². The van der Waals surface area contributed by atoms with Crippen LogP contribution in [0.2, 0.25) is 5.02 Å². The number of nitrogens with one attached hydrogen (secondary N) is 2. The maximum absolute atomic E-state index is 11.6. The van der Waals surface area contributed by atoms with E-state index in [1.54, 1.807) is 18.2 Å². The Morgan fingerprint density at radius 2 is 2.24 bits per heavy atom. The van der Waals surface area contributed by atoms with Crippen LogP contribution in [0.3, 0.4) is 0 Å². The first-order valence-corrected chi connectivity index (χ1v) is 7.07. The van der Waals surface area contributed by atoms with Gasteiger partial charge in [0, 0.05) is 29.7 Å². The summed E-state index contributed by atoms with van der Waals surface area (Å²) in [5, 5.41) is 6.41. The van der Waals surface area contributed by atoms with Gasteiger partial charge in [-0.1, -0.05) is 24.6 Å². The maximum atomic E-state index is 11.6. The lowest BCUT2D eigenvalue weighted by Gasteiger charge is -2.16. The molecule has 0 atom stereocenters. The molecule has 0 aliphatic carbocycles. The van der Waals surface area contributed by atoms with Crippen LogP contribution in [0.4, 0.5) is 0 Å². The molecule has 1 aromatic rings. The van der Waals surface area contributed by atoms with E-state index in [1.165, 1.54) is 7.11 Å². The van der Waals surface area contributed by atoms with Gasteiger partial charge in [0.1, 0.15) is 0 Å². The summed E-state index contributed by atoms with van der Waals surface area (Å²) in [5.41, 5.74) is 0.845. The fourth-order valence-corrected chi connectivity index (χ4v) is 1.93. The van der Waals surface area contributed by atoms with Crippen LogP contribution in [-0.2, 0) is 11.3 Å². The Labute approximate surface area is 130 Å². The van der Waals surface area contributed by atoms with Crippen LogP contribution in [0, 0.1) is 0 Å². The Kier molecular flexibility index (Phi) is 7.64. The third-order valence-electron chi connectivity index (χ3n) is 2.67. The van der Waals surface area contributed by atoms with Gasteiger partial charge in [-0.3, -0.25) is 4.79 Å². The second-order valence-corrected chi connectivity index (χ2v) is 4.69. The zero-order valence-electron chi connectivity index (χ0n) is 12.4. The molecule has 0 aliphatic heterocycles. The SMILES string of the molecule is C=CCNC(=O)COc1c(CNCC)cc(Cl)cc1OC. The van der Waals surface area contributed by atoms with Gasteiger partial charge in [0.2, 0.25) is 0 Å². The van der Waals surface area contributed by atoms with E-state index in [1.807, 2.05) is 6.92 Å². The molecule has 0 spiro atoms. The second kappa shape index (κ2) is 9.26. The smallest absolute Gasteiger partial charge is 0.258 e. The zero-order valence-corrected chi connectivity index (χ0v) is 13.1. The van der Waals surface area contributed by atoms with Crippen molar-refractivity contribution in [3.05, 3.63) is 35.4 Å². The Morgan fingerprint density at radius 3 is 2.86 bits per heavy atom. The minimum absolute atomic E-state index is 0.0923. The number of hydrogen-bond donors (Lipinski definition) is 2. The highest BCUT2D eigenvalue weighted by Crippen LogP contribution is 2.34. The topological polar surface area (TPSA) is 59.6 Å². The Morgan fingerprint density at radius 1 is 1.48 bits per heavy atom. The van der Waals surface area contributed by atoms with Crippen molar-refractivity contribution >= 4 is 17.5 Å². The molecule has 6 heteroatoms. The molecule has 0 aromatic heterocycles. The Balaban J connectivity index is 2.86. The van der Waals surface area contributed by atoms with Gasteiger partial charge < -0.3 is 20.1 Å². The van der Waals surface area contributed by atoms with Gasteiger partial charge in [-0.25, -0.2) is 0 Å². The molecule has 5 nitrogen and oxygen atoms in total. The van der Waals surface area contributed by atoms with Crippen LogP contribution in [-0.4, -0.2) is 32.7 Å². The van der Waals surface area contributed by atoms with Gasteiger partial charge >= 0.3 is 0 Å². The fraction of sp³-hybridized carbons (Fsp3) is 0.400. The van der Waals surface area contributed by atoms with E-state index in [0.717, 1.165) is 12.1 Å². The molecule has 1 amide bonds. The van der Waals surface area contributed by atoms with Gasteiger partial charge in [0.05, 0.1) is 7.11 Å². The molecule has 1 aromatic carbocycles.